The number of hydrogen-bond donors (Lipinski definition) is 1. The molecule has 0 amide bonds. The van der Waals surface area contributed by atoms with Crippen LogP contribution in [0.25, 0.3) is 0 Å². The van der Waals surface area contributed by atoms with Crippen molar-refractivity contribution in [2.45, 2.75) is 38.8 Å². The van der Waals surface area contributed by atoms with Gasteiger partial charge in [0.15, 0.2) is 0 Å². The first kappa shape index (κ1) is 11.4. The molecule has 2 aliphatic heterocycles. The maximum absolute atomic E-state index is 5.56. The van der Waals surface area contributed by atoms with Gasteiger partial charge in [-0.15, -0.1) is 0 Å². The fourth-order valence-corrected chi connectivity index (χ4v) is 2.88. The lowest BCUT2D eigenvalue weighted by molar-refractivity contribution is -0.0375. The molecule has 3 atom stereocenters. The monoisotopic (exact) mass is 212 g/mol. The fourth-order valence-electron chi connectivity index (χ4n) is 2.88. The second-order valence-corrected chi connectivity index (χ2v) is 5.03. The van der Waals surface area contributed by atoms with E-state index < -0.39 is 0 Å². The Morgan fingerprint density at radius 2 is 2.27 bits per heavy atom. The first-order valence-corrected chi connectivity index (χ1v) is 6.35. The average molecular weight is 212 g/mol. The van der Waals surface area contributed by atoms with Crippen LogP contribution in [0.15, 0.2) is 0 Å². The van der Waals surface area contributed by atoms with Crippen molar-refractivity contribution >= 4 is 0 Å². The Balaban J connectivity index is 1.94. The summed E-state index contributed by atoms with van der Waals surface area (Å²) in [5, 5.41) is 3.54. The van der Waals surface area contributed by atoms with Gasteiger partial charge in [-0.25, -0.2) is 0 Å². The minimum Gasteiger partial charge on any atom is -0.378 e. The Hall–Kier alpha value is -0.120. The number of nitrogens with one attached hydrogen (secondary N) is 1. The largest absolute Gasteiger partial charge is 0.378 e. The highest BCUT2D eigenvalue weighted by Gasteiger charge is 2.30. The number of ether oxygens (including phenoxy) is 1. The van der Waals surface area contributed by atoms with Crippen LogP contribution in [0, 0.1) is 5.92 Å². The number of nitrogens with zero attached hydrogens (tertiary/aromatic N) is 1. The summed E-state index contributed by atoms with van der Waals surface area (Å²) in [5.74, 6) is 0.823. The van der Waals surface area contributed by atoms with E-state index in [1.54, 1.807) is 0 Å². The second kappa shape index (κ2) is 5.28. The van der Waals surface area contributed by atoms with Gasteiger partial charge in [0.25, 0.3) is 0 Å². The third-order valence-electron chi connectivity index (χ3n) is 3.76. The van der Waals surface area contributed by atoms with Gasteiger partial charge in [-0.2, -0.15) is 0 Å². The number of rotatable bonds is 2. The molecule has 3 nitrogen and oxygen atoms in total. The second-order valence-electron chi connectivity index (χ2n) is 5.03. The van der Waals surface area contributed by atoms with Gasteiger partial charge in [-0.3, -0.25) is 4.90 Å². The standard InChI is InChI=1S/C12H24N2O/c1-3-11-9-15-5-4-14(11)12-6-10(2)7-13-8-12/h10-13H,3-9H2,1-2H3. The predicted molar refractivity (Wildman–Crippen MR) is 62.0 cm³/mol. The van der Waals surface area contributed by atoms with Gasteiger partial charge in [-0.1, -0.05) is 13.8 Å². The Morgan fingerprint density at radius 3 is 3.00 bits per heavy atom. The molecule has 0 aromatic carbocycles. The maximum Gasteiger partial charge on any atom is 0.0622 e. The first-order valence-electron chi connectivity index (χ1n) is 6.35. The molecule has 3 heteroatoms. The molecule has 0 spiro atoms. The lowest BCUT2D eigenvalue weighted by Gasteiger charge is -2.43. The fraction of sp³-hybridized carbons (Fsp3) is 1.00. The van der Waals surface area contributed by atoms with Gasteiger partial charge in [0.2, 0.25) is 0 Å². The van der Waals surface area contributed by atoms with Crippen LogP contribution in [0.2, 0.25) is 0 Å². The maximum atomic E-state index is 5.56. The SMILES string of the molecule is CCC1COCCN1C1CNCC(C)C1. The molecule has 0 aromatic rings. The van der Waals surface area contributed by atoms with E-state index in [0.29, 0.717) is 6.04 Å². The minimum atomic E-state index is 0.649. The zero-order chi connectivity index (χ0) is 10.7. The van der Waals surface area contributed by atoms with Gasteiger partial charge in [-0.05, 0) is 25.3 Å². The van der Waals surface area contributed by atoms with Gasteiger partial charge in [0.05, 0.1) is 13.2 Å². The Labute approximate surface area is 93.2 Å². The van der Waals surface area contributed by atoms with Crippen molar-refractivity contribution in [3.05, 3.63) is 0 Å². The molecule has 2 rings (SSSR count). The summed E-state index contributed by atoms with van der Waals surface area (Å²) in [6, 6.07) is 1.39. The Kier molecular flexibility index (Phi) is 4.00. The lowest BCUT2D eigenvalue weighted by atomic mass is 9.94. The molecular weight excluding hydrogens is 188 g/mol. The molecule has 0 radical (unpaired) electrons. The van der Waals surface area contributed by atoms with Crippen LogP contribution < -0.4 is 5.32 Å². The molecule has 2 aliphatic rings. The zero-order valence-electron chi connectivity index (χ0n) is 10.0. The van der Waals surface area contributed by atoms with Crippen LogP contribution in [0.3, 0.4) is 0 Å². The van der Waals surface area contributed by atoms with Crippen LogP contribution in [0.4, 0.5) is 0 Å². The first-order chi connectivity index (χ1) is 7.31. The van der Waals surface area contributed by atoms with Gasteiger partial charge in [0.1, 0.15) is 0 Å². The molecule has 2 fully saturated rings. The van der Waals surface area contributed by atoms with E-state index in [1.807, 2.05) is 0 Å². The molecule has 2 saturated heterocycles. The van der Waals surface area contributed by atoms with E-state index >= 15 is 0 Å². The van der Waals surface area contributed by atoms with Gasteiger partial charge in [0, 0.05) is 25.2 Å². The van der Waals surface area contributed by atoms with E-state index in [9.17, 15) is 0 Å². The molecule has 0 saturated carbocycles. The smallest absolute Gasteiger partial charge is 0.0622 e. The quantitative estimate of drug-likeness (QED) is 0.742. The van der Waals surface area contributed by atoms with E-state index in [-0.39, 0.29) is 0 Å². The van der Waals surface area contributed by atoms with Crippen molar-refractivity contribution in [3.63, 3.8) is 0 Å². The summed E-state index contributed by atoms with van der Waals surface area (Å²) >= 11 is 0. The number of hydrogen-bond acceptors (Lipinski definition) is 3. The molecule has 0 aliphatic carbocycles. The third-order valence-corrected chi connectivity index (χ3v) is 3.76. The van der Waals surface area contributed by atoms with E-state index in [0.717, 1.165) is 31.7 Å². The Bertz CT molecular complexity index is 198. The van der Waals surface area contributed by atoms with E-state index in [2.05, 4.69) is 24.1 Å². The lowest BCUT2D eigenvalue weighted by Crippen LogP contribution is -2.56. The van der Waals surface area contributed by atoms with E-state index in [1.165, 1.54) is 25.9 Å². The molecule has 15 heavy (non-hydrogen) atoms. The van der Waals surface area contributed by atoms with Crippen molar-refractivity contribution in [1.29, 1.82) is 0 Å². The number of piperidine rings is 1. The molecule has 2 heterocycles. The van der Waals surface area contributed by atoms with Crippen molar-refractivity contribution in [2.75, 3.05) is 32.8 Å². The van der Waals surface area contributed by atoms with Crippen LogP contribution >= 0.6 is 0 Å². The average Bonchev–Trinajstić information content (AvgIpc) is 2.29. The van der Waals surface area contributed by atoms with Crippen LogP contribution in [0.5, 0.6) is 0 Å². The molecule has 88 valence electrons. The summed E-state index contributed by atoms with van der Waals surface area (Å²) in [6.45, 7) is 9.95. The highest BCUT2D eigenvalue weighted by Crippen LogP contribution is 2.21. The minimum absolute atomic E-state index is 0.649. The highest BCUT2D eigenvalue weighted by molar-refractivity contribution is 4.86. The van der Waals surface area contributed by atoms with E-state index in [4.69, 9.17) is 4.74 Å². The van der Waals surface area contributed by atoms with Crippen molar-refractivity contribution in [2.24, 2.45) is 5.92 Å². The van der Waals surface area contributed by atoms with Gasteiger partial charge < -0.3 is 10.1 Å². The normalized spacial score (nSPS) is 39.2. The summed E-state index contributed by atoms with van der Waals surface area (Å²) in [6.07, 6.45) is 2.56. The van der Waals surface area contributed by atoms with Crippen LogP contribution in [-0.2, 0) is 4.74 Å². The van der Waals surface area contributed by atoms with Crippen molar-refractivity contribution in [1.82, 2.24) is 10.2 Å². The summed E-state index contributed by atoms with van der Waals surface area (Å²) in [7, 11) is 0. The summed E-state index contributed by atoms with van der Waals surface area (Å²) in [5.41, 5.74) is 0. The van der Waals surface area contributed by atoms with Gasteiger partial charge >= 0.3 is 0 Å². The zero-order valence-corrected chi connectivity index (χ0v) is 10.0. The summed E-state index contributed by atoms with van der Waals surface area (Å²) in [4.78, 5) is 2.67. The predicted octanol–water partition coefficient (Wildman–Crippen LogP) is 1.10. The van der Waals surface area contributed by atoms with Crippen LogP contribution in [-0.4, -0.2) is 49.8 Å². The molecule has 0 bridgehead atoms. The molecule has 3 unspecified atom stereocenters. The summed E-state index contributed by atoms with van der Waals surface area (Å²) < 4.78 is 5.56. The molecule has 0 aromatic heterocycles. The Morgan fingerprint density at radius 1 is 1.40 bits per heavy atom. The van der Waals surface area contributed by atoms with Crippen molar-refractivity contribution < 1.29 is 4.74 Å². The number of morpholine rings is 1. The van der Waals surface area contributed by atoms with Crippen LogP contribution in [0.1, 0.15) is 26.7 Å². The van der Waals surface area contributed by atoms with Crippen molar-refractivity contribution in [3.8, 4) is 0 Å². The third kappa shape index (κ3) is 2.71. The topological polar surface area (TPSA) is 24.5 Å². The molecule has 1 N–H and O–H groups in total. The molecular formula is C12H24N2O. The highest BCUT2D eigenvalue weighted by atomic mass is 16.5.